The van der Waals surface area contributed by atoms with E-state index in [9.17, 15) is 21.6 Å². The van der Waals surface area contributed by atoms with E-state index < -0.39 is 19.7 Å². The predicted molar refractivity (Wildman–Crippen MR) is 84.7 cm³/mol. The van der Waals surface area contributed by atoms with E-state index in [0.717, 1.165) is 23.8 Å². The Labute approximate surface area is 128 Å². The van der Waals surface area contributed by atoms with Crippen LogP contribution in [-0.2, 0) is 19.7 Å². The van der Waals surface area contributed by atoms with Crippen molar-refractivity contribution in [3.8, 4) is 0 Å². The second-order valence-electron chi connectivity index (χ2n) is 4.61. The number of rotatable bonds is 7. The summed E-state index contributed by atoms with van der Waals surface area (Å²) in [6.07, 6.45) is 2.28. The number of Topliss-reactive ketones (excluding diaryl/α,β-unsaturated/α-hetero) is 1. The number of ketones is 1. The fourth-order valence-corrected chi connectivity index (χ4v) is 4.71. The van der Waals surface area contributed by atoms with Gasteiger partial charge in [0.05, 0.1) is 16.3 Å². The quantitative estimate of drug-likeness (QED) is 0.694. The Hall–Kier alpha value is -1.13. The molecule has 0 saturated carbocycles. The van der Waals surface area contributed by atoms with Crippen molar-refractivity contribution in [2.75, 3.05) is 35.9 Å². The maximum atomic E-state index is 11.8. The lowest BCUT2D eigenvalue weighted by Gasteiger charge is -2.05. The average molecular weight is 354 g/mol. The molecule has 0 amide bonds. The third-order valence-electron chi connectivity index (χ3n) is 2.60. The molecule has 0 aliphatic heterocycles. The van der Waals surface area contributed by atoms with Gasteiger partial charge in [0, 0.05) is 25.5 Å². The van der Waals surface area contributed by atoms with Crippen molar-refractivity contribution >= 4 is 47.5 Å². The van der Waals surface area contributed by atoms with Crippen LogP contribution in [0.2, 0.25) is 0 Å². The summed E-state index contributed by atoms with van der Waals surface area (Å²) in [6.45, 7) is 1.69. The van der Waals surface area contributed by atoms with Gasteiger partial charge < -0.3 is 11.1 Å². The maximum absolute atomic E-state index is 11.8. The third kappa shape index (κ3) is 4.68. The Bertz CT molecular complexity index is 747. The Kier molecular flexibility index (Phi) is 5.40. The van der Waals surface area contributed by atoms with Gasteiger partial charge in [-0.3, -0.25) is 4.79 Å². The second kappa shape index (κ2) is 6.32. The summed E-state index contributed by atoms with van der Waals surface area (Å²) >= 11 is 0.937. The molecule has 0 aliphatic carbocycles. The Morgan fingerprint density at radius 3 is 2.24 bits per heavy atom. The van der Waals surface area contributed by atoms with Gasteiger partial charge in [-0.2, -0.15) is 0 Å². The van der Waals surface area contributed by atoms with Gasteiger partial charge >= 0.3 is 0 Å². The van der Waals surface area contributed by atoms with Gasteiger partial charge in [0.15, 0.2) is 15.6 Å². The van der Waals surface area contributed by atoms with Gasteiger partial charge in [-0.15, -0.1) is 11.3 Å². The number of thiophene rings is 1. The first-order chi connectivity index (χ1) is 9.47. The summed E-state index contributed by atoms with van der Waals surface area (Å²) < 4.78 is 45.8. The highest BCUT2D eigenvalue weighted by Gasteiger charge is 2.26. The topological polar surface area (TPSA) is 123 Å². The second-order valence-corrected chi connectivity index (χ2v) is 9.84. The van der Waals surface area contributed by atoms with E-state index >= 15 is 0 Å². The normalized spacial score (nSPS) is 12.3. The van der Waals surface area contributed by atoms with E-state index in [1.807, 2.05) is 0 Å². The first kappa shape index (κ1) is 17.9. The first-order valence-electron chi connectivity index (χ1n) is 6.04. The molecule has 21 heavy (non-hydrogen) atoms. The largest absolute Gasteiger partial charge is 0.396 e. The Balaban J connectivity index is 3.21. The Morgan fingerprint density at radius 2 is 1.81 bits per heavy atom. The fourth-order valence-electron chi connectivity index (χ4n) is 1.63. The van der Waals surface area contributed by atoms with Crippen LogP contribution in [0.15, 0.2) is 4.90 Å². The number of nitrogens with two attached hydrogens (primary N) is 1. The average Bonchev–Trinajstić information content (AvgIpc) is 2.63. The molecule has 0 spiro atoms. The Morgan fingerprint density at radius 1 is 1.24 bits per heavy atom. The number of sulfone groups is 2. The van der Waals surface area contributed by atoms with Crippen molar-refractivity contribution in [1.82, 2.24) is 0 Å². The standard InChI is InChI=1S/C11H18N2O5S3/c1-4-7(14)9-8(12)10(21(3,17)18)11(19-9)13-5-6-20(2,15)16/h13H,4-6,12H2,1-3H3. The third-order valence-corrected chi connectivity index (χ3v) is 6.05. The zero-order valence-corrected chi connectivity index (χ0v) is 14.4. The molecule has 10 heteroatoms. The van der Waals surface area contributed by atoms with Gasteiger partial charge in [0.1, 0.15) is 19.7 Å². The molecule has 0 aliphatic rings. The number of nitrogens with one attached hydrogen (secondary N) is 1. The zero-order valence-electron chi connectivity index (χ0n) is 12.0. The molecule has 0 atom stereocenters. The highest BCUT2D eigenvalue weighted by molar-refractivity contribution is 7.91. The van der Waals surface area contributed by atoms with Crippen LogP contribution in [0.25, 0.3) is 0 Å². The summed E-state index contributed by atoms with van der Waals surface area (Å²) in [6, 6.07) is 0. The lowest BCUT2D eigenvalue weighted by molar-refractivity contribution is 0.0992. The van der Waals surface area contributed by atoms with E-state index in [1.54, 1.807) is 6.92 Å². The van der Waals surface area contributed by atoms with Crippen molar-refractivity contribution in [2.24, 2.45) is 0 Å². The molecular weight excluding hydrogens is 336 g/mol. The molecule has 3 N–H and O–H groups in total. The lowest BCUT2D eigenvalue weighted by Crippen LogP contribution is -2.15. The van der Waals surface area contributed by atoms with Crippen molar-refractivity contribution in [3.63, 3.8) is 0 Å². The molecule has 0 fully saturated rings. The SMILES string of the molecule is CCC(=O)c1sc(NCCS(C)(=O)=O)c(S(C)(=O)=O)c1N. The molecule has 7 nitrogen and oxygen atoms in total. The molecule has 0 saturated heterocycles. The van der Waals surface area contributed by atoms with Crippen LogP contribution in [-0.4, -0.2) is 47.4 Å². The van der Waals surface area contributed by atoms with Gasteiger partial charge in [-0.25, -0.2) is 16.8 Å². The minimum absolute atomic E-state index is 0.0427. The number of hydrogen-bond acceptors (Lipinski definition) is 8. The van der Waals surface area contributed by atoms with E-state index in [1.165, 1.54) is 0 Å². The molecule has 0 unspecified atom stereocenters. The van der Waals surface area contributed by atoms with Crippen LogP contribution in [0.1, 0.15) is 23.0 Å². The number of hydrogen-bond donors (Lipinski definition) is 2. The van der Waals surface area contributed by atoms with E-state index in [2.05, 4.69) is 5.32 Å². The fraction of sp³-hybridized carbons (Fsp3) is 0.545. The van der Waals surface area contributed by atoms with Crippen molar-refractivity contribution in [2.45, 2.75) is 18.2 Å². The molecule has 1 aromatic rings. The predicted octanol–water partition coefficient (Wildman–Crippen LogP) is 0.783. The molecule has 120 valence electrons. The zero-order chi connectivity index (χ0) is 16.4. The monoisotopic (exact) mass is 354 g/mol. The van der Waals surface area contributed by atoms with Crippen molar-refractivity contribution in [3.05, 3.63) is 4.88 Å². The molecule has 1 rings (SSSR count). The smallest absolute Gasteiger partial charge is 0.180 e. The van der Waals surface area contributed by atoms with Crippen molar-refractivity contribution < 1.29 is 21.6 Å². The van der Waals surface area contributed by atoms with Crippen LogP contribution < -0.4 is 11.1 Å². The summed E-state index contributed by atoms with van der Waals surface area (Å²) in [7, 11) is -6.80. The van der Waals surface area contributed by atoms with E-state index in [-0.39, 0.29) is 45.0 Å². The van der Waals surface area contributed by atoms with Crippen LogP contribution >= 0.6 is 11.3 Å². The molecule has 0 radical (unpaired) electrons. The lowest BCUT2D eigenvalue weighted by atomic mass is 10.2. The van der Waals surface area contributed by atoms with Gasteiger partial charge in [-0.1, -0.05) is 6.92 Å². The summed E-state index contributed by atoms with van der Waals surface area (Å²) in [5, 5.41) is 2.95. The van der Waals surface area contributed by atoms with Crippen molar-refractivity contribution in [1.29, 1.82) is 0 Å². The minimum atomic E-state index is -3.63. The summed E-state index contributed by atoms with van der Waals surface area (Å²) in [4.78, 5) is 11.8. The molecule has 1 heterocycles. The molecule has 0 bridgehead atoms. The summed E-state index contributed by atoms with van der Waals surface area (Å²) in [5.74, 6) is -0.399. The number of carbonyl (C=O) groups excluding carboxylic acids is 1. The highest BCUT2D eigenvalue weighted by atomic mass is 32.2. The van der Waals surface area contributed by atoms with Crippen LogP contribution in [0.4, 0.5) is 10.7 Å². The molecule has 0 aromatic carbocycles. The number of nitrogen functional groups attached to an aromatic ring is 1. The van der Waals surface area contributed by atoms with E-state index in [4.69, 9.17) is 5.73 Å². The maximum Gasteiger partial charge on any atom is 0.180 e. The molecular formula is C11H18N2O5S3. The number of anilines is 2. The van der Waals surface area contributed by atoms with Crippen LogP contribution in [0.3, 0.4) is 0 Å². The highest BCUT2D eigenvalue weighted by Crippen LogP contribution is 2.39. The number of carbonyl (C=O) groups is 1. The van der Waals surface area contributed by atoms with Crippen LogP contribution in [0.5, 0.6) is 0 Å². The van der Waals surface area contributed by atoms with Gasteiger partial charge in [0.25, 0.3) is 0 Å². The minimum Gasteiger partial charge on any atom is -0.396 e. The molecule has 1 aromatic heterocycles. The van der Waals surface area contributed by atoms with Gasteiger partial charge in [0.2, 0.25) is 0 Å². The van der Waals surface area contributed by atoms with Crippen LogP contribution in [0, 0.1) is 0 Å². The summed E-state index contributed by atoms with van der Waals surface area (Å²) in [5.41, 5.74) is 5.70. The first-order valence-corrected chi connectivity index (χ1v) is 10.8. The van der Waals surface area contributed by atoms with Gasteiger partial charge in [-0.05, 0) is 0 Å². The van der Waals surface area contributed by atoms with E-state index in [0.29, 0.717) is 0 Å².